The minimum absolute atomic E-state index is 0.800. The molecule has 0 aliphatic heterocycles. The minimum atomic E-state index is 0.800. The van der Waals surface area contributed by atoms with Crippen LogP contribution in [-0.4, -0.2) is 0 Å². The van der Waals surface area contributed by atoms with Crippen LogP contribution >= 0.6 is 0 Å². The van der Waals surface area contributed by atoms with Gasteiger partial charge in [-0.1, -0.05) is 81.1 Å². The average Bonchev–Trinajstić information content (AvgIpc) is 3.27. The fraction of sp³-hybridized carbons (Fsp3) is 1.00. The maximum absolute atomic E-state index is 2.47. The number of fused-ring (bicyclic) bond motifs is 5. The van der Waals surface area contributed by atoms with Crippen molar-refractivity contribution in [2.45, 2.75) is 177 Å². The molecule has 12 rings (SSSR count). The van der Waals surface area contributed by atoms with Crippen molar-refractivity contribution < 1.29 is 0 Å². The van der Waals surface area contributed by atoms with E-state index in [1.165, 1.54) is 6.42 Å². The molecule has 0 aromatic heterocycles. The van der Waals surface area contributed by atoms with Gasteiger partial charge in [0.2, 0.25) is 0 Å². The summed E-state index contributed by atoms with van der Waals surface area (Å²) < 4.78 is 0. The van der Waals surface area contributed by atoms with Gasteiger partial charge in [0.15, 0.2) is 0 Å². The van der Waals surface area contributed by atoms with Crippen molar-refractivity contribution in [2.24, 2.45) is 93.7 Å². The molecule has 0 spiro atoms. The molecule has 12 aliphatic carbocycles. The Balaban J connectivity index is 0.000000103. The molecular formula is C43H76. The second-order valence-corrected chi connectivity index (χ2v) is 20.3. The van der Waals surface area contributed by atoms with Gasteiger partial charge in [0.05, 0.1) is 0 Å². The highest BCUT2D eigenvalue weighted by Gasteiger charge is 2.57. The third-order valence-electron chi connectivity index (χ3n) is 16.5. The first-order chi connectivity index (χ1) is 20.4. The van der Waals surface area contributed by atoms with E-state index in [-0.39, 0.29) is 0 Å². The molecule has 248 valence electrons. The van der Waals surface area contributed by atoms with E-state index in [4.69, 9.17) is 0 Å². The summed E-state index contributed by atoms with van der Waals surface area (Å²) in [5, 5.41) is 0. The predicted molar refractivity (Wildman–Crippen MR) is 187 cm³/mol. The van der Waals surface area contributed by atoms with Crippen LogP contribution in [0.1, 0.15) is 177 Å². The molecular weight excluding hydrogens is 516 g/mol. The van der Waals surface area contributed by atoms with Crippen molar-refractivity contribution >= 4 is 0 Å². The van der Waals surface area contributed by atoms with Crippen LogP contribution in [0.15, 0.2) is 0 Å². The molecule has 12 saturated carbocycles. The standard InChI is InChI=1S/C13H22.2C11H20.C8H14/c1-9(2)13-6-10-3-11(7-13)5-12(4-10)8-13;1-8(2)11-6-4-9-3-5-10(11)7-9;1-8(2)11-7-9-3-5-10(11)6-4-9;1-6(2)8-3-7(4-8)5-8/h9-12H,3-8H2,1-2H3;2*8-11H,3-7H2,1-2H3;6-7H,3-5H2,1-2H3. The van der Waals surface area contributed by atoms with E-state index in [9.17, 15) is 0 Å². The van der Waals surface area contributed by atoms with Crippen LogP contribution < -0.4 is 0 Å². The summed E-state index contributed by atoms with van der Waals surface area (Å²) in [4.78, 5) is 0. The first-order valence-electron chi connectivity index (χ1n) is 20.4. The monoisotopic (exact) mass is 593 g/mol. The van der Waals surface area contributed by atoms with E-state index in [0.717, 1.165) is 93.7 Å². The van der Waals surface area contributed by atoms with Crippen LogP contribution in [0.2, 0.25) is 0 Å². The van der Waals surface area contributed by atoms with Crippen LogP contribution in [-0.2, 0) is 0 Å². The summed E-state index contributed by atoms with van der Waals surface area (Å²) in [6, 6.07) is 0. The number of rotatable bonds is 4. The molecule has 4 unspecified atom stereocenters. The third kappa shape index (κ3) is 7.00. The van der Waals surface area contributed by atoms with Crippen LogP contribution in [0.5, 0.6) is 0 Å². The highest BCUT2D eigenvalue weighted by molar-refractivity contribution is 5.08. The molecule has 10 bridgehead atoms. The lowest BCUT2D eigenvalue weighted by Gasteiger charge is -2.64. The molecule has 4 atom stereocenters. The number of hydrogen-bond donors (Lipinski definition) is 0. The zero-order valence-corrected chi connectivity index (χ0v) is 30.5. The molecule has 0 saturated heterocycles. The van der Waals surface area contributed by atoms with Crippen LogP contribution in [0, 0.1) is 93.7 Å². The first kappa shape index (κ1) is 32.9. The van der Waals surface area contributed by atoms with Gasteiger partial charge in [-0.05, 0) is 190 Å². The summed E-state index contributed by atoms with van der Waals surface area (Å²) in [6.45, 7) is 19.3. The summed E-state index contributed by atoms with van der Waals surface area (Å²) in [7, 11) is 0. The van der Waals surface area contributed by atoms with Crippen molar-refractivity contribution in [1.82, 2.24) is 0 Å². The second-order valence-electron chi connectivity index (χ2n) is 20.3. The third-order valence-corrected chi connectivity index (χ3v) is 16.5. The fourth-order valence-electron chi connectivity index (χ4n) is 13.7. The van der Waals surface area contributed by atoms with Gasteiger partial charge >= 0.3 is 0 Å². The molecule has 0 heterocycles. The van der Waals surface area contributed by atoms with E-state index in [1.54, 1.807) is 116 Å². The van der Waals surface area contributed by atoms with Crippen molar-refractivity contribution in [3.63, 3.8) is 0 Å². The lowest BCUT2D eigenvalue weighted by atomic mass is 9.41. The van der Waals surface area contributed by atoms with Crippen molar-refractivity contribution in [1.29, 1.82) is 0 Å². The maximum atomic E-state index is 2.47. The summed E-state index contributed by atoms with van der Waals surface area (Å²) >= 11 is 0. The van der Waals surface area contributed by atoms with Gasteiger partial charge in [0, 0.05) is 0 Å². The molecule has 12 aliphatic rings. The van der Waals surface area contributed by atoms with Gasteiger partial charge in [-0.3, -0.25) is 0 Å². The molecule has 0 nitrogen and oxygen atoms in total. The Morgan fingerprint density at radius 3 is 1.07 bits per heavy atom. The van der Waals surface area contributed by atoms with E-state index >= 15 is 0 Å². The van der Waals surface area contributed by atoms with Crippen LogP contribution in [0.4, 0.5) is 0 Å². The molecule has 0 radical (unpaired) electrons. The highest BCUT2D eigenvalue weighted by atomic mass is 14.6. The molecule has 0 aromatic rings. The van der Waals surface area contributed by atoms with Gasteiger partial charge in [-0.2, -0.15) is 0 Å². The molecule has 43 heavy (non-hydrogen) atoms. The number of hydrogen-bond acceptors (Lipinski definition) is 0. The average molecular weight is 593 g/mol. The quantitative estimate of drug-likeness (QED) is 0.304. The largest absolute Gasteiger partial charge is 0.0625 e. The van der Waals surface area contributed by atoms with E-state index in [1.807, 2.05) is 0 Å². The van der Waals surface area contributed by atoms with E-state index in [0.29, 0.717) is 0 Å². The first-order valence-corrected chi connectivity index (χ1v) is 20.4. The second kappa shape index (κ2) is 13.2. The Morgan fingerprint density at radius 1 is 0.349 bits per heavy atom. The van der Waals surface area contributed by atoms with Gasteiger partial charge < -0.3 is 0 Å². The highest BCUT2D eigenvalue weighted by Crippen LogP contribution is 2.68. The molecule has 0 heteroatoms. The summed E-state index contributed by atoms with van der Waals surface area (Å²) in [5.74, 6) is 15.0. The Labute approximate surface area is 270 Å². The minimum Gasteiger partial charge on any atom is -0.0625 e. The fourth-order valence-corrected chi connectivity index (χ4v) is 13.7. The van der Waals surface area contributed by atoms with Gasteiger partial charge in [0.25, 0.3) is 0 Å². The van der Waals surface area contributed by atoms with Gasteiger partial charge in [-0.15, -0.1) is 0 Å². The van der Waals surface area contributed by atoms with Gasteiger partial charge in [-0.25, -0.2) is 0 Å². The smallest absolute Gasteiger partial charge is 0.0267 e. The molecule has 0 N–H and O–H groups in total. The van der Waals surface area contributed by atoms with Crippen molar-refractivity contribution in [3.05, 3.63) is 0 Å². The van der Waals surface area contributed by atoms with Crippen molar-refractivity contribution in [2.75, 3.05) is 0 Å². The zero-order chi connectivity index (χ0) is 30.5. The lowest BCUT2D eigenvalue weighted by Crippen LogP contribution is -2.54. The Hall–Kier alpha value is 0. The predicted octanol–water partition coefficient (Wildman–Crippen LogP) is 13.2. The Kier molecular flexibility index (Phi) is 10.1. The molecule has 12 fully saturated rings. The topological polar surface area (TPSA) is 0 Å². The zero-order valence-electron chi connectivity index (χ0n) is 30.5. The van der Waals surface area contributed by atoms with Crippen LogP contribution in [0.25, 0.3) is 0 Å². The SMILES string of the molecule is CC(C)C12CC(C1)C2.CC(C)C12CC3CC(CC(C3)C1)C2.CC(C)C1CC2CCC1CC2.CC(C)C1CCC2CCC1C2. The maximum Gasteiger partial charge on any atom is -0.0267 e. The normalized spacial score (nSPS) is 47.7. The summed E-state index contributed by atoms with van der Waals surface area (Å²) in [5.41, 5.74) is 1.67. The van der Waals surface area contributed by atoms with E-state index < -0.39 is 0 Å². The van der Waals surface area contributed by atoms with Crippen LogP contribution in [0.3, 0.4) is 0 Å². The molecule has 0 amide bonds. The molecule has 0 aromatic carbocycles. The summed E-state index contributed by atoms with van der Waals surface area (Å²) in [6.07, 6.45) is 29.7. The van der Waals surface area contributed by atoms with Crippen molar-refractivity contribution in [3.8, 4) is 0 Å². The Morgan fingerprint density at radius 2 is 0.744 bits per heavy atom. The van der Waals surface area contributed by atoms with Gasteiger partial charge in [0.1, 0.15) is 0 Å². The lowest BCUT2D eigenvalue weighted by molar-refractivity contribution is -0.141. The Bertz CT molecular complexity index is 816. The van der Waals surface area contributed by atoms with E-state index in [2.05, 4.69) is 55.4 Å².